The summed E-state index contributed by atoms with van der Waals surface area (Å²) in [4.78, 5) is 26.3. The van der Waals surface area contributed by atoms with Crippen LogP contribution < -0.4 is 10.8 Å². The number of aliphatic carboxylic acids is 1. The molecule has 1 aliphatic carbocycles. The first-order valence-electron chi connectivity index (χ1n) is 6.14. The van der Waals surface area contributed by atoms with Gasteiger partial charge in [-0.1, -0.05) is 24.3 Å². The molecule has 6 heteroatoms. The van der Waals surface area contributed by atoms with Crippen molar-refractivity contribution in [1.29, 1.82) is 0 Å². The molecule has 0 bridgehead atoms. The molecule has 1 unspecified atom stereocenters. The minimum atomic E-state index is -1.14. The van der Waals surface area contributed by atoms with Crippen LogP contribution in [-0.4, -0.2) is 23.7 Å². The SMILES string of the molecule is O=C(O)CONC(=O)NC1CCCc2ccccc21. The van der Waals surface area contributed by atoms with Gasteiger partial charge in [0.05, 0.1) is 6.04 Å². The molecule has 0 aromatic heterocycles. The molecule has 3 N–H and O–H groups in total. The number of rotatable bonds is 4. The number of fused-ring (bicyclic) bond motifs is 1. The summed E-state index contributed by atoms with van der Waals surface area (Å²) in [6, 6.07) is 7.40. The van der Waals surface area contributed by atoms with Gasteiger partial charge < -0.3 is 10.4 Å². The number of nitrogens with one attached hydrogen (secondary N) is 2. The summed E-state index contributed by atoms with van der Waals surface area (Å²) in [5.41, 5.74) is 4.42. The number of carboxylic acids is 1. The number of urea groups is 1. The van der Waals surface area contributed by atoms with Gasteiger partial charge in [-0.3, -0.25) is 4.84 Å². The van der Waals surface area contributed by atoms with Crippen LogP contribution in [0.25, 0.3) is 0 Å². The number of hydrogen-bond acceptors (Lipinski definition) is 3. The van der Waals surface area contributed by atoms with Gasteiger partial charge in [0.1, 0.15) is 0 Å². The lowest BCUT2D eigenvalue weighted by Crippen LogP contribution is -2.39. The highest BCUT2D eigenvalue weighted by Gasteiger charge is 2.21. The highest BCUT2D eigenvalue weighted by atomic mass is 16.7. The molecule has 1 aromatic carbocycles. The zero-order valence-corrected chi connectivity index (χ0v) is 10.4. The predicted octanol–water partition coefficient (Wildman–Crippen LogP) is 1.38. The van der Waals surface area contributed by atoms with Crippen molar-refractivity contribution < 1.29 is 19.5 Å². The summed E-state index contributed by atoms with van der Waals surface area (Å²) in [5.74, 6) is -1.14. The van der Waals surface area contributed by atoms with Gasteiger partial charge in [-0.05, 0) is 30.4 Å². The predicted molar refractivity (Wildman–Crippen MR) is 67.4 cm³/mol. The molecule has 2 amide bonds. The van der Waals surface area contributed by atoms with E-state index >= 15 is 0 Å². The monoisotopic (exact) mass is 264 g/mol. The van der Waals surface area contributed by atoms with Crippen LogP contribution in [0, 0.1) is 0 Å². The zero-order chi connectivity index (χ0) is 13.7. The molecule has 0 saturated carbocycles. The van der Waals surface area contributed by atoms with Gasteiger partial charge in [0.15, 0.2) is 6.61 Å². The molecule has 2 rings (SSSR count). The standard InChI is InChI=1S/C13H16N2O4/c16-12(17)8-19-15-13(18)14-11-7-3-5-9-4-1-2-6-10(9)11/h1-2,4,6,11H,3,5,7-8H2,(H,16,17)(H2,14,15,18). The van der Waals surface area contributed by atoms with Crippen molar-refractivity contribution in [2.75, 3.05) is 6.61 Å². The lowest BCUT2D eigenvalue weighted by atomic mass is 9.88. The summed E-state index contributed by atoms with van der Waals surface area (Å²) < 4.78 is 0. The number of amides is 2. The Balaban J connectivity index is 1.90. The first-order valence-corrected chi connectivity index (χ1v) is 6.14. The fourth-order valence-electron chi connectivity index (χ4n) is 2.25. The largest absolute Gasteiger partial charge is 0.479 e. The number of hydroxylamine groups is 1. The van der Waals surface area contributed by atoms with Gasteiger partial charge in [-0.25, -0.2) is 15.1 Å². The lowest BCUT2D eigenvalue weighted by Gasteiger charge is -2.26. The average molecular weight is 264 g/mol. The van der Waals surface area contributed by atoms with E-state index in [9.17, 15) is 9.59 Å². The topological polar surface area (TPSA) is 87.7 Å². The second kappa shape index (κ2) is 6.19. The molecular formula is C13H16N2O4. The minimum Gasteiger partial charge on any atom is -0.479 e. The average Bonchev–Trinajstić information content (AvgIpc) is 2.39. The van der Waals surface area contributed by atoms with E-state index in [1.165, 1.54) is 5.56 Å². The quantitative estimate of drug-likeness (QED) is 0.717. The maximum atomic E-state index is 11.6. The third-order valence-corrected chi connectivity index (χ3v) is 3.04. The Morgan fingerprint density at radius 2 is 2.16 bits per heavy atom. The van der Waals surface area contributed by atoms with Gasteiger partial charge in [0.2, 0.25) is 0 Å². The highest BCUT2D eigenvalue weighted by molar-refractivity contribution is 5.74. The van der Waals surface area contributed by atoms with Gasteiger partial charge in [0, 0.05) is 0 Å². The first kappa shape index (κ1) is 13.4. The molecule has 6 nitrogen and oxygen atoms in total. The van der Waals surface area contributed by atoms with E-state index in [-0.39, 0.29) is 6.04 Å². The van der Waals surface area contributed by atoms with E-state index in [0.29, 0.717) is 0 Å². The third kappa shape index (κ3) is 3.69. The van der Waals surface area contributed by atoms with Gasteiger partial charge in [0.25, 0.3) is 0 Å². The van der Waals surface area contributed by atoms with E-state index < -0.39 is 18.6 Å². The van der Waals surface area contributed by atoms with E-state index in [1.54, 1.807) is 0 Å². The minimum absolute atomic E-state index is 0.0571. The van der Waals surface area contributed by atoms with Crippen LogP contribution in [0.2, 0.25) is 0 Å². The number of carbonyl (C=O) groups is 2. The maximum Gasteiger partial charge on any atom is 0.339 e. The number of carboxylic acid groups (broad SMARTS) is 1. The molecule has 1 atom stereocenters. The summed E-state index contributed by atoms with van der Waals surface area (Å²) in [6.07, 6.45) is 2.90. The van der Waals surface area contributed by atoms with Crippen molar-refractivity contribution in [3.05, 3.63) is 35.4 Å². The smallest absolute Gasteiger partial charge is 0.339 e. The van der Waals surface area contributed by atoms with Crippen LogP contribution >= 0.6 is 0 Å². The molecular weight excluding hydrogens is 248 g/mol. The van der Waals surface area contributed by atoms with Gasteiger partial charge >= 0.3 is 12.0 Å². The Hall–Kier alpha value is -2.08. The van der Waals surface area contributed by atoms with Crippen LogP contribution in [0.4, 0.5) is 4.79 Å². The molecule has 1 aliphatic rings. The van der Waals surface area contributed by atoms with Crippen LogP contribution in [-0.2, 0) is 16.1 Å². The normalized spacial score (nSPS) is 17.4. The molecule has 102 valence electrons. The van der Waals surface area contributed by atoms with Gasteiger partial charge in [-0.15, -0.1) is 0 Å². The number of carbonyl (C=O) groups excluding carboxylic acids is 1. The molecule has 19 heavy (non-hydrogen) atoms. The Kier molecular flexibility index (Phi) is 4.35. The second-order valence-electron chi connectivity index (χ2n) is 4.40. The maximum absolute atomic E-state index is 11.6. The molecule has 1 aromatic rings. The van der Waals surface area contributed by atoms with Crippen molar-refractivity contribution in [2.24, 2.45) is 0 Å². The summed E-state index contributed by atoms with van der Waals surface area (Å²) in [7, 11) is 0. The van der Waals surface area contributed by atoms with Crippen molar-refractivity contribution in [2.45, 2.75) is 25.3 Å². The molecule has 0 heterocycles. The fourth-order valence-corrected chi connectivity index (χ4v) is 2.25. The third-order valence-electron chi connectivity index (χ3n) is 3.04. The van der Waals surface area contributed by atoms with Crippen molar-refractivity contribution in [1.82, 2.24) is 10.8 Å². The van der Waals surface area contributed by atoms with E-state index in [1.807, 2.05) is 18.2 Å². The fraction of sp³-hybridized carbons (Fsp3) is 0.385. The molecule has 0 fully saturated rings. The van der Waals surface area contributed by atoms with Gasteiger partial charge in [-0.2, -0.15) is 0 Å². The molecule has 0 spiro atoms. The van der Waals surface area contributed by atoms with Crippen LogP contribution in [0.3, 0.4) is 0 Å². The first-order chi connectivity index (χ1) is 9.16. The lowest BCUT2D eigenvalue weighted by molar-refractivity contribution is -0.144. The number of benzene rings is 1. The van der Waals surface area contributed by atoms with E-state index in [4.69, 9.17) is 5.11 Å². The van der Waals surface area contributed by atoms with E-state index in [2.05, 4.69) is 21.7 Å². The number of hydrogen-bond donors (Lipinski definition) is 3. The van der Waals surface area contributed by atoms with Crippen LogP contribution in [0.1, 0.15) is 30.0 Å². The Morgan fingerprint density at radius 1 is 1.37 bits per heavy atom. The number of aryl methyl sites for hydroxylation is 1. The van der Waals surface area contributed by atoms with Crippen LogP contribution in [0.15, 0.2) is 24.3 Å². The summed E-state index contributed by atoms with van der Waals surface area (Å²) in [5, 5.41) is 11.2. The summed E-state index contributed by atoms with van der Waals surface area (Å²) >= 11 is 0. The Bertz CT molecular complexity index is 475. The zero-order valence-electron chi connectivity index (χ0n) is 10.4. The van der Waals surface area contributed by atoms with Crippen molar-refractivity contribution >= 4 is 12.0 Å². The second-order valence-corrected chi connectivity index (χ2v) is 4.40. The van der Waals surface area contributed by atoms with Crippen molar-refractivity contribution in [3.8, 4) is 0 Å². The molecule has 0 radical (unpaired) electrons. The summed E-state index contributed by atoms with van der Waals surface area (Å²) in [6.45, 7) is -0.561. The highest BCUT2D eigenvalue weighted by Crippen LogP contribution is 2.29. The van der Waals surface area contributed by atoms with Crippen molar-refractivity contribution in [3.63, 3.8) is 0 Å². The molecule has 0 saturated heterocycles. The van der Waals surface area contributed by atoms with E-state index in [0.717, 1.165) is 24.8 Å². The molecule has 0 aliphatic heterocycles. The van der Waals surface area contributed by atoms with Crippen LogP contribution in [0.5, 0.6) is 0 Å². The Labute approximate surface area is 110 Å². The Morgan fingerprint density at radius 3 is 2.95 bits per heavy atom.